The third-order valence-corrected chi connectivity index (χ3v) is 6.77. The minimum absolute atomic E-state index is 0.0732. The molecular formula is C36H45N9. The van der Waals surface area contributed by atoms with Crippen LogP contribution in [0.25, 0.3) is 0 Å². The van der Waals surface area contributed by atoms with Crippen LogP contribution in [0.15, 0.2) is 75.6 Å². The maximum atomic E-state index is 5.51. The summed E-state index contributed by atoms with van der Waals surface area (Å²) in [5.74, 6) is 14.2. The summed E-state index contributed by atoms with van der Waals surface area (Å²) in [5.41, 5.74) is 41.2. The van der Waals surface area contributed by atoms with Crippen molar-refractivity contribution in [2.24, 2.45) is 55.3 Å². The SMILES string of the molecule is CC(C)CCc1cc(C#Cc2cccc(C#Cc3cc(CCN=C(N)N)cc(CCN=C(N)N)c3)c2)cc(CCN=C(N)N)c1. The third-order valence-electron chi connectivity index (χ3n) is 6.77. The lowest BCUT2D eigenvalue weighted by molar-refractivity contribution is 0.586. The molecule has 0 aliphatic rings. The molecule has 3 aromatic rings. The molecule has 45 heavy (non-hydrogen) atoms. The summed E-state index contributed by atoms with van der Waals surface area (Å²) in [7, 11) is 0. The molecule has 0 bridgehead atoms. The molecule has 0 fully saturated rings. The quantitative estimate of drug-likeness (QED) is 0.105. The Morgan fingerprint density at radius 2 is 0.867 bits per heavy atom. The lowest BCUT2D eigenvalue weighted by Crippen LogP contribution is -2.23. The van der Waals surface area contributed by atoms with Crippen molar-refractivity contribution in [2.45, 2.75) is 46.0 Å². The summed E-state index contributed by atoms with van der Waals surface area (Å²) in [4.78, 5) is 12.4. The number of benzene rings is 3. The Balaban J connectivity index is 1.85. The summed E-state index contributed by atoms with van der Waals surface area (Å²) in [6.07, 6.45) is 4.23. The number of guanidine groups is 3. The zero-order valence-corrected chi connectivity index (χ0v) is 26.3. The van der Waals surface area contributed by atoms with Crippen LogP contribution < -0.4 is 34.4 Å². The number of hydrogen-bond donors (Lipinski definition) is 6. The highest BCUT2D eigenvalue weighted by Crippen LogP contribution is 2.16. The summed E-state index contributed by atoms with van der Waals surface area (Å²) >= 11 is 0. The predicted octanol–water partition coefficient (Wildman–Crippen LogP) is 2.52. The maximum absolute atomic E-state index is 5.51. The van der Waals surface area contributed by atoms with Crippen molar-refractivity contribution in [2.75, 3.05) is 19.6 Å². The Labute approximate surface area is 267 Å². The summed E-state index contributed by atoms with van der Waals surface area (Å²) in [6, 6.07) is 20.7. The Kier molecular flexibility index (Phi) is 13.4. The molecule has 0 aliphatic heterocycles. The zero-order chi connectivity index (χ0) is 32.6. The number of hydrogen-bond acceptors (Lipinski definition) is 3. The van der Waals surface area contributed by atoms with E-state index in [9.17, 15) is 0 Å². The summed E-state index contributed by atoms with van der Waals surface area (Å²) in [5, 5.41) is 0. The highest BCUT2D eigenvalue weighted by Gasteiger charge is 2.04. The van der Waals surface area contributed by atoms with E-state index in [0.29, 0.717) is 38.4 Å². The molecule has 0 spiro atoms. The van der Waals surface area contributed by atoms with Gasteiger partial charge in [0.15, 0.2) is 17.9 Å². The lowest BCUT2D eigenvalue weighted by atomic mass is 9.97. The third kappa shape index (κ3) is 13.6. The van der Waals surface area contributed by atoms with E-state index in [2.05, 4.69) is 88.9 Å². The molecule has 9 nitrogen and oxygen atoms in total. The fourth-order valence-electron chi connectivity index (χ4n) is 4.61. The topological polar surface area (TPSA) is 193 Å². The van der Waals surface area contributed by atoms with E-state index in [1.54, 1.807) is 0 Å². The van der Waals surface area contributed by atoms with Gasteiger partial charge in [0.1, 0.15) is 0 Å². The van der Waals surface area contributed by atoms with E-state index in [-0.39, 0.29) is 17.9 Å². The van der Waals surface area contributed by atoms with E-state index in [0.717, 1.165) is 52.6 Å². The van der Waals surface area contributed by atoms with Crippen LogP contribution in [0.4, 0.5) is 0 Å². The van der Waals surface area contributed by atoms with Crippen molar-refractivity contribution in [1.29, 1.82) is 0 Å². The molecule has 0 unspecified atom stereocenters. The van der Waals surface area contributed by atoms with Gasteiger partial charge in [-0.25, -0.2) is 0 Å². The van der Waals surface area contributed by atoms with Gasteiger partial charge in [0, 0.05) is 41.9 Å². The smallest absolute Gasteiger partial charge is 0.185 e. The molecular weight excluding hydrogens is 558 g/mol. The van der Waals surface area contributed by atoms with Gasteiger partial charge in [-0.3, -0.25) is 15.0 Å². The van der Waals surface area contributed by atoms with Gasteiger partial charge in [0.2, 0.25) is 0 Å². The average Bonchev–Trinajstić information content (AvgIpc) is 2.97. The first-order chi connectivity index (χ1) is 21.5. The molecule has 0 aliphatic carbocycles. The van der Waals surface area contributed by atoms with Crippen molar-refractivity contribution in [3.8, 4) is 23.7 Å². The molecule has 0 saturated heterocycles. The van der Waals surface area contributed by atoms with Crippen LogP contribution in [0, 0.1) is 29.6 Å². The van der Waals surface area contributed by atoms with Crippen molar-refractivity contribution in [3.05, 3.63) is 105 Å². The van der Waals surface area contributed by atoms with E-state index < -0.39 is 0 Å². The lowest BCUT2D eigenvalue weighted by Gasteiger charge is -2.08. The second-order valence-corrected chi connectivity index (χ2v) is 11.3. The van der Waals surface area contributed by atoms with Crippen molar-refractivity contribution < 1.29 is 0 Å². The van der Waals surface area contributed by atoms with E-state index in [1.165, 1.54) is 11.1 Å². The molecule has 0 aromatic heterocycles. The molecule has 3 aromatic carbocycles. The van der Waals surface area contributed by atoms with E-state index in [1.807, 2.05) is 24.3 Å². The maximum Gasteiger partial charge on any atom is 0.185 e. The van der Waals surface area contributed by atoms with Gasteiger partial charge in [-0.05, 0) is 103 Å². The van der Waals surface area contributed by atoms with Crippen LogP contribution in [-0.2, 0) is 25.7 Å². The second-order valence-electron chi connectivity index (χ2n) is 11.3. The van der Waals surface area contributed by atoms with Crippen molar-refractivity contribution in [3.63, 3.8) is 0 Å². The van der Waals surface area contributed by atoms with E-state index in [4.69, 9.17) is 34.4 Å². The highest BCUT2D eigenvalue weighted by atomic mass is 15.0. The number of nitrogens with zero attached hydrogens (tertiary/aromatic N) is 3. The molecule has 0 amide bonds. The van der Waals surface area contributed by atoms with Gasteiger partial charge in [0.05, 0.1) is 0 Å². The fourth-order valence-corrected chi connectivity index (χ4v) is 4.61. The first kappa shape index (κ1) is 34.1. The predicted molar refractivity (Wildman–Crippen MR) is 188 cm³/mol. The van der Waals surface area contributed by atoms with Gasteiger partial charge < -0.3 is 34.4 Å². The van der Waals surface area contributed by atoms with Crippen LogP contribution in [0.3, 0.4) is 0 Å². The molecule has 3 rings (SSSR count). The van der Waals surface area contributed by atoms with Crippen LogP contribution in [-0.4, -0.2) is 37.5 Å². The van der Waals surface area contributed by atoms with Crippen LogP contribution >= 0.6 is 0 Å². The van der Waals surface area contributed by atoms with Crippen LogP contribution in [0.1, 0.15) is 64.8 Å². The molecule has 0 radical (unpaired) electrons. The Hall–Kier alpha value is -5.41. The molecule has 234 valence electrons. The van der Waals surface area contributed by atoms with Crippen molar-refractivity contribution in [1.82, 2.24) is 0 Å². The van der Waals surface area contributed by atoms with Crippen LogP contribution in [0.2, 0.25) is 0 Å². The standard InChI is InChI=1S/C36H45N9/c1-25(2)6-7-28-19-29(21-31(20-28)12-15-43-34(37)38)10-8-26-4-3-5-27(18-26)9-11-30-22-32(13-16-44-35(39)40)24-33(23-30)14-17-45-36(41)42/h3-5,18-25H,6-7,12-17H2,1-2H3,(H4,37,38,43)(H4,39,40,44)(H4,41,42,45). The molecule has 0 atom stereocenters. The molecule has 0 saturated carbocycles. The molecule has 0 heterocycles. The minimum Gasteiger partial charge on any atom is -0.370 e. The normalized spacial score (nSPS) is 10.2. The first-order valence-electron chi connectivity index (χ1n) is 15.1. The van der Waals surface area contributed by atoms with Gasteiger partial charge in [-0.2, -0.15) is 0 Å². The number of aryl methyl sites for hydroxylation is 1. The Morgan fingerprint density at radius 1 is 0.511 bits per heavy atom. The first-order valence-corrected chi connectivity index (χ1v) is 15.1. The van der Waals surface area contributed by atoms with Gasteiger partial charge in [0.25, 0.3) is 0 Å². The number of aliphatic imine (C=N–C) groups is 3. The second kappa shape index (κ2) is 17.6. The van der Waals surface area contributed by atoms with Gasteiger partial charge in [-0.1, -0.05) is 55.7 Å². The van der Waals surface area contributed by atoms with Gasteiger partial charge >= 0.3 is 0 Å². The summed E-state index contributed by atoms with van der Waals surface area (Å²) < 4.78 is 0. The monoisotopic (exact) mass is 603 g/mol. The zero-order valence-electron chi connectivity index (χ0n) is 26.3. The highest BCUT2D eigenvalue weighted by molar-refractivity contribution is 5.76. The summed E-state index contributed by atoms with van der Waals surface area (Å²) in [6.45, 7) is 6.00. The minimum atomic E-state index is 0.0732. The van der Waals surface area contributed by atoms with E-state index >= 15 is 0 Å². The Bertz CT molecular complexity index is 1610. The Morgan fingerprint density at radius 3 is 1.22 bits per heavy atom. The number of rotatable bonds is 12. The number of nitrogens with two attached hydrogens (primary N) is 6. The fraction of sp³-hybridized carbons (Fsp3) is 0.306. The molecule has 9 heteroatoms. The van der Waals surface area contributed by atoms with Crippen LogP contribution in [0.5, 0.6) is 0 Å². The van der Waals surface area contributed by atoms with Crippen molar-refractivity contribution >= 4 is 17.9 Å². The van der Waals surface area contributed by atoms with Gasteiger partial charge in [-0.15, -0.1) is 0 Å². The average molecular weight is 604 g/mol. The molecule has 12 N–H and O–H groups in total. The largest absolute Gasteiger partial charge is 0.370 e.